The number of amides is 4. The first kappa shape index (κ1) is 23.8. The number of ether oxygens (including phenoxy) is 1. The molecular weight excluding hydrogens is 424 g/mol. The molecular formula is C24H28N4O5. The van der Waals surface area contributed by atoms with E-state index in [1.807, 2.05) is 30.3 Å². The van der Waals surface area contributed by atoms with E-state index in [2.05, 4.69) is 10.6 Å². The van der Waals surface area contributed by atoms with Gasteiger partial charge in [-0.1, -0.05) is 30.3 Å². The summed E-state index contributed by atoms with van der Waals surface area (Å²) in [6, 6.07) is 14.6. The summed E-state index contributed by atoms with van der Waals surface area (Å²) in [6.07, 6.45) is 1.17. The maximum Gasteiger partial charge on any atom is 0.408 e. The zero-order valence-corrected chi connectivity index (χ0v) is 18.3. The topological polar surface area (TPSA) is 131 Å². The van der Waals surface area contributed by atoms with E-state index in [-0.39, 0.29) is 25.4 Å². The molecule has 4 amide bonds. The molecule has 9 nitrogen and oxygen atoms in total. The van der Waals surface area contributed by atoms with E-state index in [0.29, 0.717) is 11.3 Å². The van der Waals surface area contributed by atoms with Crippen molar-refractivity contribution in [3.05, 3.63) is 65.7 Å². The van der Waals surface area contributed by atoms with Gasteiger partial charge >= 0.3 is 6.09 Å². The molecule has 33 heavy (non-hydrogen) atoms. The molecule has 0 bridgehead atoms. The van der Waals surface area contributed by atoms with Crippen molar-refractivity contribution in [3.63, 3.8) is 0 Å². The molecule has 1 aliphatic heterocycles. The molecule has 0 unspecified atom stereocenters. The lowest BCUT2D eigenvalue weighted by Crippen LogP contribution is -2.44. The molecule has 174 valence electrons. The van der Waals surface area contributed by atoms with Gasteiger partial charge < -0.3 is 26.0 Å². The van der Waals surface area contributed by atoms with Gasteiger partial charge in [-0.25, -0.2) is 4.79 Å². The van der Waals surface area contributed by atoms with Crippen molar-refractivity contribution < 1.29 is 23.9 Å². The summed E-state index contributed by atoms with van der Waals surface area (Å²) in [4.78, 5) is 50.4. The summed E-state index contributed by atoms with van der Waals surface area (Å²) in [5, 5.41) is 5.18. The van der Waals surface area contributed by atoms with Crippen molar-refractivity contribution in [1.82, 2.24) is 10.2 Å². The van der Waals surface area contributed by atoms with Crippen LogP contribution in [0.15, 0.2) is 54.6 Å². The maximum atomic E-state index is 12.8. The van der Waals surface area contributed by atoms with Crippen LogP contribution in [-0.4, -0.2) is 47.8 Å². The van der Waals surface area contributed by atoms with E-state index < -0.39 is 23.9 Å². The predicted octanol–water partition coefficient (Wildman–Crippen LogP) is 2.42. The van der Waals surface area contributed by atoms with Crippen molar-refractivity contribution >= 4 is 29.5 Å². The van der Waals surface area contributed by atoms with Crippen LogP contribution in [0.25, 0.3) is 0 Å². The third kappa shape index (κ3) is 7.34. The minimum absolute atomic E-state index is 0.0210. The average Bonchev–Trinajstić information content (AvgIpc) is 3.36. The zero-order valence-electron chi connectivity index (χ0n) is 18.3. The molecule has 0 aliphatic carbocycles. The highest BCUT2D eigenvalue weighted by atomic mass is 16.5. The number of nitrogens with one attached hydrogen (secondary N) is 2. The number of likely N-dealkylation sites (tertiary alicyclic amines) is 1. The van der Waals surface area contributed by atoms with E-state index in [4.69, 9.17) is 10.5 Å². The Morgan fingerprint density at radius 2 is 1.64 bits per heavy atom. The Morgan fingerprint density at radius 1 is 0.970 bits per heavy atom. The first-order chi connectivity index (χ1) is 15.9. The van der Waals surface area contributed by atoms with E-state index in [0.717, 1.165) is 31.5 Å². The second-order valence-electron chi connectivity index (χ2n) is 7.83. The van der Waals surface area contributed by atoms with Gasteiger partial charge in [0.15, 0.2) is 0 Å². The number of alkyl carbamates (subject to hydrolysis) is 1. The lowest BCUT2D eigenvalue weighted by molar-refractivity contribution is -0.119. The standard InChI is InChI=1S/C24H28N4O5/c25-21(29)13-12-20(27-24(32)33-16-17-6-2-1-3-7-17)22(30)26-19-10-8-18(9-11-19)23(31)28-14-4-5-15-28/h1-3,6-11,20H,4-5,12-16H2,(H2,25,29)(H,26,30)(H,27,32)/t20-/m0/s1. The summed E-state index contributed by atoms with van der Waals surface area (Å²) in [5.74, 6) is -1.14. The highest BCUT2D eigenvalue weighted by Crippen LogP contribution is 2.16. The van der Waals surface area contributed by atoms with E-state index in [9.17, 15) is 19.2 Å². The lowest BCUT2D eigenvalue weighted by atomic mass is 10.1. The largest absolute Gasteiger partial charge is 0.445 e. The first-order valence-corrected chi connectivity index (χ1v) is 10.9. The van der Waals surface area contributed by atoms with Gasteiger partial charge in [0.25, 0.3) is 5.91 Å². The average molecular weight is 453 g/mol. The van der Waals surface area contributed by atoms with Crippen molar-refractivity contribution in [1.29, 1.82) is 0 Å². The predicted molar refractivity (Wildman–Crippen MR) is 122 cm³/mol. The molecule has 2 aromatic rings. The van der Waals surface area contributed by atoms with Crippen LogP contribution < -0.4 is 16.4 Å². The number of anilines is 1. The number of primary amides is 1. The zero-order chi connectivity index (χ0) is 23.6. The van der Waals surface area contributed by atoms with Crippen LogP contribution in [0.1, 0.15) is 41.6 Å². The molecule has 1 atom stereocenters. The Morgan fingerprint density at radius 3 is 2.27 bits per heavy atom. The third-order valence-corrected chi connectivity index (χ3v) is 5.29. The van der Waals surface area contributed by atoms with Gasteiger partial charge in [0.1, 0.15) is 12.6 Å². The van der Waals surface area contributed by atoms with Gasteiger partial charge in [-0.3, -0.25) is 14.4 Å². The van der Waals surface area contributed by atoms with Crippen molar-refractivity contribution in [2.45, 2.75) is 38.3 Å². The van der Waals surface area contributed by atoms with Crippen LogP contribution in [0.5, 0.6) is 0 Å². The van der Waals surface area contributed by atoms with Gasteiger partial charge in [-0.05, 0) is 49.1 Å². The minimum Gasteiger partial charge on any atom is -0.445 e. The van der Waals surface area contributed by atoms with Crippen LogP contribution in [0.4, 0.5) is 10.5 Å². The van der Waals surface area contributed by atoms with Crippen LogP contribution in [0.2, 0.25) is 0 Å². The highest BCUT2D eigenvalue weighted by molar-refractivity contribution is 5.98. The van der Waals surface area contributed by atoms with Gasteiger partial charge in [0.05, 0.1) is 0 Å². The summed E-state index contributed by atoms with van der Waals surface area (Å²) >= 11 is 0. The fourth-order valence-corrected chi connectivity index (χ4v) is 3.49. The van der Waals surface area contributed by atoms with Crippen LogP contribution in [-0.2, 0) is 20.9 Å². The third-order valence-electron chi connectivity index (χ3n) is 5.29. The number of nitrogens with zero attached hydrogens (tertiary/aromatic N) is 1. The molecule has 1 fully saturated rings. The molecule has 0 spiro atoms. The molecule has 0 radical (unpaired) electrons. The fourth-order valence-electron chi connectivity index (χ4n) is 3.49. The molecule has 0 aromatic heterocycles. The quantitative estimate of drug-likeness (QED) is 0.538. The van der Waals surface area contributed by atoms with Gasteiger partial charge in [-0.15, -0.1) is 0 Å². The monoisotopic (exact) mass is 452 g/mol. The second kappa shape index (κ2) is 11.7. The van der Waals surface area contributed by atoms with E-state index in [1.165, 1.54) is 0 Å². The molecule has 1 aliphatic rings. The normalized spacial score (nSPS) is 13.8. The number of rotatable bonds is 9. The Bertz CT molecular complexity index is 972. The van der Waals surface area contributed by atoms with Crippen LogP contribution >= 0.6 is 0 Å². The van der Waals surface area contributed by atoms with Crippen molar-refractivity contribution in [2.75, 3.05) is 18.4 Å². The number of hydrogen-bond acceptors (Lipinski definition) is 5. The fraction of sp³-hybridized carbons (Fsp3) is 0.333. The first-order valence-electron chi connectivity index (χ1n) is 10.9. The number of carbonyl (C=O) groups is 4. The number of benzene rings is 2. The highest BCUT2D eigenvalue weighted by Gasteiger charge is 2.23. The SMILES string of the molecule is NC(=O)CC[C@H](NC(=O)OCc1ccccc1)C(=O)Nc1ccc(C(=O)N2CCCC2)cc1. The Balaban J connectivity index is 1.57. The van der Waals surface area contributed by atoms with Crippen molar-refractivity contribution in [2.24, 2.45) is 5.73 Å². The van der Waals surface area contributed by atoms with E-state index >= 15 is 0 Å². The molecule has 9 heteroatoms. The van der Waals surface area contributed by atoms with Gasteiger partial charge in [-0.2, -0.15) is 0 Å². The summed E-state index contributed by atoms with van der Waals surface area (Å²) in [5.41, 5.74) is 7.01. The van der Waals surface area contributed by atoms with Gasteiger partial charge in [0.2, 0.25) is 11.8 Å². The molecule has 2 aromatic carbocycles. The molecule has 4 N–H and O–H groups in total. The summed E-state index contributed by atoms with van der Waals surface area (Å²) < 4.78 is 5.17. The Kier molecular flexibility index (Phi) is 8.40. The Hall–Kier alpha value is -3.88. The maximum absolute atomic E-state index is 12.8. The smallest absolute Gasteiger partial charge is 0.408 e. The van der Waals surface area contributed by atoms with Crippen LogP contribution in [0.3, 0.4) is 0 Å². The van der Waals surface area contributed by atoms with Crippen LogP contribution in [0, 0.1) is 0 Å². The second-order valence-corrected chi connectivity index (χ2v) is 7.83. The van der Waals surface area contributed by atoms with Gasteiger partial charge in [0, 0.05) is 30.8 Å². The number of carbonyl (C=O) groups excluding carboxylic acids is 4. The van der Waals surface area contributed by atoms with E-state index in [1.54, 1.807) is 29.2 Å². The number of nitrogens with two attached hydrogens (primary N) is 1. The Labute approximate surface area is 192 Å². The lowest BCUT2D eigenvalue weighted by Gasteiger charge is -2.18. The molecule has 1 heterocycles. The molecule has 0 saturated carbocycles. The summed E-state index contributed by atoms with van der Waals surface area (Å²) in [7, 11) is 0. The molecule has 3 rings (SSSR count). The number of hydrogen-bond donors (Lipinski definition) is 3. The van der Waals surface area contributed by atoms with Crippen molar-refractivity contribution in [3.8, 4) is 0 Å². The minimum atomic E-state index is -1.02. The summed E-state index contributed by atoms with van der Waals surface area (Å²) in [6.45, 7) is 1.55. The molecule has 1 saturated heterocycles.